The van der Waals surface area contributed by atoms with Gasteiger partial charge in [0.25, 0.3) is 0 Å². The van der Waals surface area contributed by atoms with Crippen LogP contribution in [0.2, 0.25) is 0 Å². The van der Waals surface area contributed by atoms with E-state index < -0.39 is 0 Å². The molecule has 0 heterocycles. The van der Waals surface area contributed by atoms with Crippen LogP contribution in [0.3, 0.4) is 0 Å². The third kappa shape index (κ3) is 2.87. The van der Waals surface area contributed by atoms with Crippen LogP contribution in [0.1, 0.15) is 20.8 Å². The second kappa shape index (κ2) is 4.80. The Bertz CT molecular complexity index is 301. The number of hydrogen-bond acceptors (Lipinski definition) is 2. The van der Waals surface area contributed by atoms with Crippen molar-refractivity contribution in [2.75, 3.05) is 12.1 Å². The second-order valence-corrected chi connectivity index (χ2v) is 3.76. The topological polar surface area (TPSA) is 15.6 Å². The van der Waals surface area contributed by atoms with Crippen molar-refractivity contribution in [2.45, 2.75) is 20.8 Å². The van der Waals surface area contributed by atoms with Crippen molar-refractivity contribution in [3.8, 4) is 0 Å². The first-order valence-electron chi connectivity index (χ1n) is 4.95. The van der Waals surface area contributed by atoms with Crippen LogP contribution in [0.5, 0.6) is 0 Å². The molecular weight excluding hydrogens is 172 g/mol. The van der Waals surface area contributed by atoms with E-state index in [4.69, 9.17) is 0 Å². The summed E-state index contributed by atoms with van der Waals surface area (Å²) in [4.78, 5) is 0. The molecule has 0 amide bonds. The minimum Gasteiger partial charge on any atom is -0.269 e. The summed E-state index contributed by atoms with van der Waals surface area (Å²) in [6.45, 7) is 6.36. The molecule has 0 N–H and O–H groups in total. The largest absolute Gasteiger partial charge is 0.269 e. The van der Waals surface area contributed by atoms with Crippen LogP contribution in [-0.4, -0.2) is 12.8 Å². The molecule has 0 aliphatic carbocycles. The SMILES string of the molecule is C/C(=N/N(C)c1ccccc1)C(C)C. The molecule has 0 aromatic heterocycles. The number of rotatable bonds is 3. The molecular formula is C12H18N2. The van der Waals surface area contributed by atoms with Crippen LogP contribution in [-0.2, 0) is 0 Å². The summed E-state index contributed by atoms with van der Waals surface area (Å²) in [5.74, 6) is 0.501. The zero-order valence-corrected chi connectivity index (χ0v) is 9.36. The van der Waals surface area contributed by atoms with Gasteiger partial charge in [-0.2, -0.15) is 5.10 Å². The van der Waals surface area contributed by atoms with Gasteiger partial charge in [-0.15, -0.1) is 0 Å². The molecule has 0 saturated heterocycles. The highest BCUT2D eigenvalue weighted by Crippen LogP contribution is 2.12. The molecule has 0 aliphatic rings. The molecule has 2 heteroatoms. The first-order valence-corrected chi connectivity index (χ1v) is 4.95. The van der Waals surface area contributed by atoms with Gasteiger partial charge >= 0.3 is 0 Å². The lowest BCUT2D eigenvalue weighted by molar-refractivity contribution is 0.856. The Morgan fingerprint density at radius 3 is 2.29 bits per heavy atom. The highest BCUT2D eigenvalue weighted by atomic mass is 15.4. The summed E-state index contributed by atoms with van der Waals surface area (Å²) in [6.07, 6.45) is 0. The van der Waals surface area contributed by atoms with Crippen molar-refractivity contribution in [1.29, 1.82) is 0 Å². The smallest absolute Gasteiger partial charge is 0.0590 e. The summed E-state index contributed by atoms with van der Waals surface area (Å²) in [5, 5.41) is 6.41. The van der Waals surface area contributed by atoms with Crippen molar-refractivity contribution in [1.82, 2.24) is 0 Å². The number of hydrogen-bond donors (Lipinski definition) is 0. The van der Waals surface area contributed by atoms with E-state index in [-0.39, 0.29) is 0 Å². The quantitative estimate of drug-likeness (QED) is 0.528. The van der Waals surface area contributed by atoms with Crippen LogP contribution in [0.4, 0.5) is 5.69 Å². The summed E-state index contributed by atoms with van der Waals surface area (Å²) in [7, 11) is 1.97. The second-order valence-electron chi connectivity index (χ2n) is 3.76. The first kappa shape index (κ1) is 10.8. The Kier molecular flexibility index (Phi) is 3.69. The van der Waals surface area contributed by atoms with Crippen molar-refractivity contribution >= 4 is 11.4 Å². The van der Waals surface area contributed by atoms with Gasteiger partial charge in [-0.25, -0.2) is 0 Å². The van der Waals surface area contributed by atoms with Crippen LogP contribution in [0.15, 0.2) is 35.4 Å². The fourth-order valence-electron chi connectivity index (χ4n) is 1.05. The van der Waals surface area contributed by atoms with Gasteiger partial charge in [0.15, 0.2) is 0 Å². The van der Waals surface area contributed by atoms with Crippen molar-refractivity contribution in [3.05, 3.63) is 30.3 Å². The third-order valence-corrected chi connectivity index (χ3v) is 2.27. The van der Waals surface area contributed by atoms with Crippen LogP contribution < -0.4 is 5.01 Å². The van der Waals surface area contributed by atoms with Gasteiger partial charge in [-0.1, -0.05) is 32.0 Å². The third-order valence-electron chi connectivity index (χ3n) is 2.27. The number of benzene rings is 1. The molecule has 0 spiro atoms. The molecule has 0 fully saturated rings. The zero-order chi connectivity index (χ0) is 10.6. The predicted octanol–water partition coefficient (Wildman–Crippen LogP) is 3.15. The van der Waals surface area contributed by atoms with Gasteiger partial charge in [0, 0.05) is 12.8 Å². The average molecular weight is 190 g/mol. The lowest BCUT2D eigenvalue weighted by Gasteiger charge is -2.15. The first-order chi connectivity index (χ1) is 6.61. The highest BCUT2D eigenvalue weighted by Gasteiger charge is 2.01. The van der Waals surface area contributed by atoms with Crippen LogP contribution in [0.25, 0.3) is 0 Å². The molecule has 14 heavy (non-hydrogen) atoms. The molecule has 76 valence electrons. The molecule has 0 bridgehead atoms. The van der Waals surface area contributed by atoms with E-state index in [0.717, 1.165) is 11.4 Å². The fraction of sp³-hybridized carbons (Fsp3) is 0.417. The maximum absolute atomic E-state index is 4.50. The maximum Gasteiger partial charge on any atom is 0.0590 e. The number of anilines is 1. The van der Waals surface area contributed by atoms with E-state index in [1.807, 2.05) is 30.3 Å². The molecule has 1 aromatic rings. The summed E-state index contributed by atoms with van der Waals surface area (Å²) < 4.78 is 0. The van der Waals surface area contributed by atoms with E-state index in [2.05, 4.69) is 38.0 Å². The Hall–Kier alpha value is -1.31. The lowest BCUT2D eigenvalue weighted by Crippen LogP contribution is -2.14. The Balaban J connectivity index is 2.77. The predicted molar refractivity (Wildman–Crippen MR) is 62.8 cm³/mol. The van der Waals surface area contributed by atoms with Gasteiger partial charge < -0.3 is 0 Å². The van der Waals surface area contributed by atoms with E-state index in [1.54, 1.807) is 0 Å². The van der Waals surface area contributed by atoms with E-state index in [1.165, 1.54) is 0 Å². The zero-order valence-electron chi connectivity index (χ0n) is 9.36. The van der Waals surface area contributed by atoms with Crippen molar-refractivity contribution < 1.29 is 0 Å². The average Bonchev–Trinajstić information content (AvgIpc) is 2.19. The molecule has 2 nitrogen and oxygen atoms in total. The highest BCUT2D eigenvalue weighted by molar-refractivity contribution is 5.84. The van der Waals surface area contributed by atoms with Gasteiger partial charge in [0.2, 0.25) is 0 Å². The minimum absolute atomic E-state index is 0.501. The Morgan fingerprint density at radius 1 is 1.21 bits per heavy atom. The summed E-state index contributed by atoms with van der Waals surface area (Å²) >= 11 is 0. The maximum atomic E-state index is 4.50. The van der Waals surface area contributed by atoms with Crippen LogP contribution >= 0.6 is 0 Å². The fourth-order valence-corrected chi connectivity index (χ4v) is 1.05. The Labute approximate surface area is 86.2 Å². The van der Waals surface area contributed by atoms with Crippen LogP contribution in [0, 0.1) is 5.92 Å². The minimum atomic E-state index is 0.501. The summed E-state index contributed by atoms with van der Waals surface area (Å²) in [5.41, 5.74) is 2.27. The van der Waals surface area contributed by atoms with Gasteiger partial charge in [-0.05, 0) is 25.0 Å². The summed E-state index contributed by atoms with van der Waals surface area (Å²) in [6, 6.07) is 10.2. The molecule has 0 saturated carbocycles. The van der Waals surface area contributed by atoms with Crippen molar-refractivity contribution in [3.63, 3.8) is 0 Å². The molecule has 0 unspecified atom stereocenters. The molecule has 1 aromatic carbocycles. The van der Waals surface area contributed by atoms with Gasteiger partial charge in [0.05, 0.1) is 5.69 Å². The van der Waals surface area contributed by atoms with E-state index >= 15 is 0 Å². The lowest BCUT2D eigenvalue weighted by atomic mass is 10.1. The number of hydrazone groups is 1. The van der Waals surface area contributed by atoms with Crippen molar-refractivity contribution in [2.24, 2.45) is 11.0 Å². The number of para-hydroxylation sites is 1. The molecule has 0 aliphatic heterocycles. The molecule has 0 radical (unpaired) electrons. The van der Waals surface area contributed by atoms with Gasteiger partial charge in [0.1, 0.15) is 0 Å². The monoisotopic (exact) mass is 190 g/mol. The van der Waals surface area contributed by atoms with E-state index in [9.17, 15) is 0 Å². The standard InChI is InChI=1S/C12H18N2/c1-10(2)11(3)13-14(4)12-8-6-5-7-9-12/h5-10H,1-4H3/b13-11-. The Morgan fingerprint density at radius 2 is 1.79 bits per heavy atom. The number of nitrogens with zero attached hydrogens (tertiary/aromatic N) is 2. The van der Waals surface area contributed by atoms with E-state index in [0.29, 0.717) is 5.92 Å². The normalized spacial score (nSPS) is 11.9. The van der Waals surface area contributed by atoms with Gasteiger partial charge in [-0.3, -0.25) is 5.01 Å². The molecule has 0 atom stereocenters. The molecule has 1 rings (SSSR count).